The lowest BCUT2D eigenvalue weighted by molar-refractivity contribution is -0.384. The van der Waals surface area contributed by atoms with Gasteiger partial charge in [-0.05, 0) is 0 Å². The zero-order chi connectivity index (χ0) is 15.4. The number of aromatic nitrogens is 1. The summed E-state index contributed by atoms with van der Waals surface area (Å²) < 4.78 is 10.3. The molecule has 21 heavy (non-hydrogen) atoms. The summed E-state index contributed by atoms with van der Waals surface area (Å²) in [6.45, 7) is 0. The van der Waals surface area contributed by atoms with Gasteiger partial charge in [0.05, 0.1) is 31.3 Å². The number of benzene rings is 1. The Balaban J connectivity index is 2.35. The van der Waals surface area contributed by atoms with E-state index in [4.69, 9.17) is 21.1 Å². The lowest BCUT2D eigenvalue weighted by Gasteiger charge is -2.10. The van der Waals surface area contributed by atoms with Gasteiger partial charge in [-0.15, -0.1) is 0 Å². The Morgan fingerprint density at radius 3 is 2.29 bits per heavy atom. The van der Waals surface area contributed by atoms with E-state index in [1.165, 1.54) is 26.4 Å². The number of halogens is 1. The van der Waals surface area contributed by atoms with Gasteiger partial charge in [0.1, 0.15) is 22.5 Å². The largest absolute Gasteiger partial charge is 0.497 e. The minimum atomic E-state index is -0.537. The summed E-state index contributed by atoms with van der Waals surface area (Å²) in [4.78, 5) is 14.3. The van der Waals surface area contributed by atoms with Crippen LogP contribution in [0.2, 0.25) is 5.15 Å². The van der Waals surface area contributed by atoms with E-state index < -0.39 is 4.92 Å². The summed E-state index contributed by atoms with van der Waals surface area (Å²) in [5, 5.41) is 13.8. The Hall–Kier alpha value is -2.54. The molecule has 2 rings (SSSR count). The van der Waals surface area contributed by atoms with Gasteiger partial charge in [-0.25, -0.2) is 4.98 Å². The van der Waals surface area contributed by atoms with Gasteiger partial charge in [-0.2, -0.15) is 0 Å². The van der Waals surface area contributed by atoms with Gasteiger partial charge < -0.3 is 14.8 Å². The molecule has 2 aromatic rings. The highest BCUT2D eigenvalue weighted by Crippen LogP contribution is 2.29. The Bertz CT molecular complexity index is 656. The van der Waals surface area contributed by atoms with E-state index in [0.717, 1.165) is 0 Å². The molecular weight excluding hydrogens is 298 g/mol. The number of hydrogen-bond donors (Lipinski definition) is 1. The zero-order valence-corrected chi connectivity index (χ0v) is 12.0. The molecule has 0 unspecified atom stereocenters. The van der Waals surface area contributed by atoms with Crippen molar-refractivity contribution in [3.63, 3.8) is 0 Å². The third kappa shape index (κ3) is 3.73. The number of pyridine rings is 1. The van der Waals surface area contributed by atoms with Gasteiger partial charge in [0.15, 0.2) is 0 Å². The molecule has 0 atom stereocenters. The van der Waals surface area contributed by atoms with Crippen LogP contribution in [0.5, 0.6) is 11.5 Å². The van der Waals surface area contributed by atoms with Crippen LogP contribution in [0.15, 0.2) is 30.3 Å². The van der Waals surface area contributed by atoms with Crippen LogP contribution in [0.25, 0.3) is 0 Å². The van der Waals surface area contributed by atoms with Gasteiger partial charge in [-0.3, -0.25) is 10.1 Å². The van der Waals surface area contributed by atoms with Crippen LogP contribution in [0.4, 0.5) is 17.2 Å². The summed E-state index contributed by atoms with van der Waals surface area (Å²) >= 11 is 5.77. The number of nitrogens with one attached hydrogen (secondary N) is 1. The van der Waals surface area contributed by atoms with Crippen LogP contribution < -0.4 is 14.8 Å². The van der Waals surface area contributed by atoms with E-state index in [-0.39, 0.29) is 16.7 Å². The van der Waals surface area contributed by atoms with Gasteiger partial charge in [0.2, 0.25) is 0 Å². The average molecular weight is 310 g/mol. The van der Waals surface area contributed by atoms with Crippen molar-refractivity contribution >= 4 is 28.8 Å². The maximum atomic E-state index is 10.8. The molecule has 0 aliphatic carbocycles. The summed E-state index contributed by atoms with van der Waals surface area (Å²) in [5.74, 6) is 1.41. The van der Waals surface area contributed by atoms with E-state index in [9.17, 15) is 10.1 Å². The molecule has 0 saturated carbocycles. The first kappa shape index (κ1) is 14.9. The fourth-order valence-corrected chi connectivity index (χ4v) is 1.88. The van der Waals surface area contributed by atoms with Crippen LogP contribution in [0, 0.1) is 10.1 Å². The summed E-state index contributed by atoms with van der Waals surface area (Å²) in [7, 11) is 3.06. The van der Waals surface area contributed by atoms with Crippen molar-refractivity contribution in [1.82, 2.24) is 4.98 Å². The molecule has 8 heteroatoms. The Morgan fingerprint density at radius 2 is 1.76 bits per heavy atom. The van der Waals surface area contributed by atoms with Crippen LogP contribution in [-0.4, -0.2) is 24.1 Å². The topological polar surface area (TPSA) is 86.5 Å². The second kappa shape index (κ2) is 6.27. The highest BCUT2D eigenvalue weighted by Gasteiger charge is 2.11. The second-order valence-electron chi connectivity index (χ2n) is 4.02. The summed E-state index contributed by atoms with van der Waals surface area (Å²) in [5.41, 5.74) is 0.461. The standard InChI is InChI=1S/C13H12ClN3O4/c1-20-10-3-8(4-11(7-10)21-2)15-13-6-9(17(18)19)5-12(14)16-13/h3-7H,1-2H3,(H,15,16). The van der Waals surface area contributed by atoms with Crippen molar-refractivity contribution in [1.29, 1.82) is 0 Å². The number of ether oxygens (including phenoxy) is 2. The third-order valence-corrected chi connectivity index (χ3v) is 2.81. The third-order valence-electron chi connectivity index (χ3n) is 2.61. The van der Waals surface area contributed by atoms with E-state index >= 15 is 0 Å². The van der Waals surface area contributed by atoms with Crippen molar-refractivity contribution in [3.8, 4) is 11.5 Å². The maximum Gasteiger partial charge on any atom is 0.276 e. The molecular formula is C13H12ClN3O4. The molecule has 110 valence electrons. The number of hydrogen-bond acceptors (Lipinski definition) is 6. The van der Waals surface area contributed by atoms with E-state index in [0.29, 0.717) is 17.2 Å². The Labute approximate surface area is 125 Å². The highest BCUT2D eigenvalue weighted by molar-refractivity contribution is 6.29. The maximum absolute atomic E-state index is 10.8. The number of anilines is 2. The summed E-state index contributed by atoms with van der Waals surface area (Å²) in [6, 6.07) is 7.59. The lowest BCUT2D eigenvalue weighted by Crippen LogP contribution is -1.98. The van der Waals surface area contributed by atoms with Crippen molar-refractivity contribution in [3.05, 3.63) is 45.6 Å². The number of rotatable bonds is 5. The van der Waals surface area contributed by atoms with Crippen LogP contribution in [-0.2, 0) is 0 Å². The normalized spacial score (nSPS) is 10.0. The Kier molecular flexibility index (Phi) is 4.44. The van der Waals surface area contributed by atoms with E-state index in [1.807, 2.05) is 0 Å². The minimum absolute atomic E-state index is 0.0292. The first-order chi connectivity index (χ1) is 10.0. The van der Waals surface area contributed by atoms with E-state index in [2.05, 4.69) is 10.3 Å². The molecule has 0 aliphatic rings. The predicted molar refractivity (Wildman–Crippen MR) is 78.7 cm³/mol. The summed E-state index contributed by atoms with van der Waals surface area (Å²) in [6.07, 6.45) is 0. The van der Waals surface area contributed by atoms with Crippen molar-refractivity contribution in [2.75, 3.05) is 19.5 Å². The van der Waals surface area contributed by atoms with Crippen molar-refractivity contribution in [2.45, 2.75) is 0 Å². The first-order valence-electron chi connectivity index (χ1n) is 5.84. The molecule has 0 fully saturated rings. The number of nitro groups is 1. The zero-order valence-electron chi connectivity index (χ0n) is 11.3. The number of methoxy groups -OCH3 is 2. The molecule has 0 amide bonds. The van der Waals surface area contributed by atoms with Gasteiger partial charge >= 0.3 is 0 Å². The average Bonchev–Trinajstić information content (AvgIpc) is 2.46. The molecule has 0 spiro atoms. The van der Waals surface area contributed by atoms with Crippen LogP contribution in [0.1, 0.15) is 0 Å². The highest BCUT2D eigenvalue weighted by atomic mass is 35.5. The smallest absolute Gasteiger partial charge is 0.276 e. The second-order valence-corrected chi connectivity index (χ2v) is 4.40. The van der Waals surface area contributed by atoms with Crippen LogP contribution >= 0.6 is 11.6 Å². The molecule has 1 N–H and O–H groups in total. The molecule has 7 nitrogen and oxygen atoms in total. The molecule has 0 bridgehead atoms. The lowest BCUT2D eigenvalue weighted by atomic mass is 10.2. The van der Waals surface area contributed by atoms with Gasteiger partial charge in [0, 0.05) is 23.9 Å². The SMILES string of the molecule is COc1cc(Nc2cc([N+](=O)[O-])cc(Cl)n2)cc(OC)c1. The van der Waals surface area contributed by atoms with Gasteiger partial charge in [0.25, 0.3) is 5.69 Å². The molecule has 0 radical (unpaired) electrons. The molecule has 0 saturated heterocycles. The number of nitrogens with zero attached hydrogens (tertiary/aromatic N) is 2. The Morgan fingerprint density at radius 1 is 1.14 bits per heavy atom. The first-order valence-corrected chi connectivity index (χ1v) is 6.21. The van der Waals surface area contributed by atoms with E-state index in [1.54, 1.807) is 18.2 Å². The monoisotopic (exact) mass is 309 g/mol. The molecule has 1 aromatic carbocycles. The van der Waals surface area contributed by atoms with Crippen molar-refractivity contribution in [2.24, 2.45) is 0 Å². The quantitative estimate of drug-likeness (QED) is 0.517. The molecule has 1 heterocycles. The fraction of sp³-hybridized carbons (Fsp3) is 0.154. The predicted octanol–water partition coefficient (Wildman–Crippen LogP) is 3.40. The molecule has 1 aromatic heterocycles. The van der Waals surface area contributed by atoms with Crippen molar-refractivity contribution < 1.29 is 14.4 Å². The fourth-order valence-electron chi connectivity index (χ4n) is 1.68. The minimum Gasteiger partial charge on any atom is -0.497 e. The molecule has 0 aliphatic heterocycles. The van der Waals surface area contributed by atoms with Gasteiger partial charge in [-0.1, -0.05) is 11.6 Å². The van der Waals surface area contributed by atoms with Crippen LogP contribution in [0.3, 0.4) is 0 Å².